The molecule has 4 heteroatoms. The van der Waals surface area contributed by atoms with Crippen molar-refractivity contribution in [3.63, 3.8) is 0 Å². The van der Waals surface area contributed by atoms with E-state index in [2.05, 4.69) is 4.98 Å². The molecule has 1 heterocycles. The molecule has 0 bridgehead atoms. The summed E-state index contributed by atoms with van der Waals surface area (Å²) in [6.07, 6.45) is 3.49. The van der Waals surface area contributed by atoms with E-state index in [0.29, 0.717) is 0 Å². The van der Waals surface area contributed by atoms with Crippen LogP contribution in [0.3, 0.4) is 0 Å². The molecule has 1 rings (SSSR count). The molecule has 0 fully saturated rings. The highest BCUT2D eigenvalue weighted by Gasteiger charge is 1.95. The van der Waals surface area contributed by atoms with Crippen LogP contribution in [0.4, 0.5) is 0 Å². The maximum absolute atomic E-state index is 8.43. The van der Waals surface area contributed by atoms with Gasteiger partial charge in [0.1, 0.15) is 0 Å². The summed E-state index contributed by atoms with van der Waals surface area (Å²) in [7, 11) is 0. The first-order valence-corrected chi connectivity index (χ1v) is 2.61. The summed E-state index contributed by atoms with van der Waals surface area (Å²) in [5.74, 6) is 0. The van der Waals surface area contributed by atoms with Crippen molar-refractivity contribution in [1.29, 1.82) is 0 Å². The monoisotopic (exact) mass is 128 g/mol. The maximum atomic E-state index is 8.43. The van der Waals surface area contributed by atoms with E-state index in [4.69, 9.17) is 10.2 Å². The van der Waals surface area contributed by atoms with Crippen LogP contribution in [0.15, 0.2) is 18.7 Å². The van der Waals surface area contributed by atoms with Crippen LogP contribution in [-0.2, 0) is 6.54 Å². The van der Waals surface area contributed by atoms with Gasteiger partial charge in [0.05, 0.1) is 12.9 Å². The van der Waals surface area contributed by atoms with E-state index in [-0.39, 0.29) is 6.54 Å². The lowest BCUT2D eigenvalue weighted by Crippen LogP contribution is -2.12. The molecule has 1 aromatic rings. The zero-order valence-electron chi connectivity index (χ0n) is 4.81. The largest absolute Gasteiger partial charge is 0.367 e. The Balaban J connectivity index is 2.48. The number of aromatic nitrogens is 2. The normalized spacial score (nSPS) is 10.6. The summed E-state index contributed by atoms with van der Waals surface area (Å²) in [4.78, 5) is 3.72. The van der Waals surface area contributed by atoms with E-state index in [9.17, 15) is 0 Å². The third-order valence-electron chi connectivity index (χ3n) is 0.933. The Kier molecular flexibility index (Phi) is 1.81. The minimum atomic E-state index is -1.29. The van der Waals surface area contributed by atoms with Gasteiger partial charge in [-0.05, 0) is 0 Å². The Bertz CT molecular complexity index is 159. The molecule has 0 aliphatic carbocycles. The van der Waals surface area contributed by atoms with Gasteiger partial charge in [0, 0.05) is 12.4 Å². The first-order valence-electron chi connectivity index (χ1n) is 2.61. The fraction of sp³-hybridized carbons (Fsp3) is 0.400. The van der Waals surface area contributed by atoms with Crippen molar-refractivity contribution in [3.8, 4) is 0 Å². The predicted molar refractivity (Wildman–Crippen MR) is 30.5 cm³/mol. The van der Waals surface area contributed by atoms with Gasteiger partial charge >= 0.3 is 0 Å². The highest BCUT2D eigenvalue weighted by atomic mass is 16.5. The summed E-state index contributed by atoms with van der Waals surface area (Å²) >= 11 is 0. The molecule has 0 aromatic carbocycles. The van der Waals surface area contributed by atoms with Gasteiger partial charge in [-0.25, -0.2) is 4.98 Å². The highest BCUT2D eigenvalue weighted by Crippen LogP contribution is 1.87. The Morgan fingerprint density at radius 2 is 2.33 bits per heavy atom. The van der Waals surface area contributed by atoms with E-state index in [1.165, 1.54) is 6.33 Å². The molecule has 0 radical (unpaired) electrons. The third-order valence-corrected chi connectivity index (χ3v) is 0.933. The molecule has 0 saturated carbocycles. The minimum Gasteiger partial charge on any atom is -0.367 e. The van der Waals surface area contributed by atoms with Gasteiger partial charge in [-0.1, -0.05) is 0 Å². The van der Waals surface area contributed by atoms with Crippen LogP contribution in [0, 0.1) is 0 Å². The first-order chi connectivity index (χ1) is 4.29. The van der Waals surface area contributed by atoms with Crippen molar-refractivity contribution in [2.45, 2.75) is 12.8 Å². The summed E-state index contributed by atoms with van der Waals surface area (Å²) < 4.78 is 1.59. The van der Waals surface area contributed by atoms with Crippen LogP contribution in [0.1, 0.15) is 0 Å². The van der Waals surface area contributed by atoms with Gasteiger partial charge < -0.3 is 14.8 Å². The quantitative estimate of drug-likeness (QED) is 0.512. The lowest BCUT2D eigenvalue weighted by Gasteiger charge is -2.01. The molecule has 0 amide bonds. The molecule has 0 saturated heterocycles. The van der Waals surface area contributed by atoms with Crippen LogP contribution in [-0.4, -0.2) is 26.1 Å². The van der Waals surface area contributed by atoms with E-state index in [1.54, 1.807) is 17.0 Å². The van der Waals surface area contributed by atoms with Crippen molar-refractivity contribution in [2.24, 2.45) is 0 Å². The van der Waals surface area contributed by atoms with Crippen LogP contribution in [0.5, 0.6) is 0 Å². The number of aliphatic hydroxyl groups is 2. The van der Waals surface area contributed by atoms with Crippen molar-refractivity contribution in [1.82, 2.24) is 9.55 Å². The van der Waals surface area contributed by atoms with E-state index < -0.39 is 6.29 Å². The number of rotatable bonds is 2. The third kappa shape index (κ3) is 1.83. The first kappa shape index (κ1) is 6.25. The van der Waals surface area contributed by atoms with E-state index in [0.717, 1.165) is 0 Å². The van der Waals surface area contributed by atoms with E-state index >= 15 is 0 Å². The van der Waals surface area contributed by atoms with Gasteiger partial charge in [0.15, 0.2) is 6.29 Å². The molecule has 9 heavy (non-hydrogen) atoms. The molecule has 2 N–H and O–H groups in total. The molecule has 0 aliphatic rings. The van der Waals surface area contributed by atoms with Crippen LogP contribution >= 0.6 is 0 Å². The number of aliphatic hydroxyl groups excluding tert-OH is 1. The topological polar surface area (TPSA) is 58.3 Å². The van der Waals surface area contributed by atoms with Crippen molar-refractivity contribution >= 4 is 0 Å². The Hall–Kier alpha value is -0.870. The van der Waals surface area contributed by atoms with Crippen LogP contribution < -0.4 is 0 Å². The molecular weight excluding hydrogens is 120 g/mol. The summed E-state index contributed by atoms with van der Waals surface area (Å²) in [5, 5.41) is 16.9. The molecule has 0 aliphatic heterocycles. The fourth-order valence-corrected chi connectivity index (χ4v) is 0.583. The predicted octanol–water partition coefficient (Wildman–Crippen LogP) is -0.806. The summed E-state index contributed by atoms with van der Waals surface area (Å²) in [5.41, 5.74) is 0. The average molecular weight is 128 g/mol. The standard InChI is InChI=1S/C5H8N2O2/c8-5(9)3-7-2-1-6-4-7/h1-2,4-5,8-9H,3H2. The summed E-state index contributed by atoms with van der Waals surface area (Å²) in [6, 6.07) is 0. The fourth-order valence-electron chi connectivity index (χ4n) is 0.583. The molecular formula is C5H8N2O2. The lowest BCUT2D eigenvalue weighted by atomic mass is 10.6. The minimum absolute atomic E-state index is 0.181. The van der Waals surface area contributed by atoms with Crippen molar-refractivity contribution in [2.75, 3.05) is 0 Å². The Morgan fingerprint density at radius 3 is 2.78 bits per heavy atom. The Labute approximate surface area is 52.4 Å². The maximum Gasteiger partial charge on any atom is 0.169 e. The second kappa shape index (κ2) is 2.61. The second-order valence-corrected chi connectivity index (χ2v) is 1.74. The zero-order chi connectivity index (χ0) is 6.69. The van der Waals surface area contributed by atoms with Crippen LogP contribution in [0.2, 0.25) is 0 Å². The Morgan fingerprint density at radius 1 is 1.56 bits per heavy atom. The van der Waals surface area contributed by atoms with Gasteiger partial charge in [-0.15, -0.1) is 0 Å². The van der Waals surface area contributed by atoms with E-state index in [1.807, 2.05) is 0 Å². The molecule has 1 aromatic heterocycles. The molecule has 0 atom stereocenters. The molecule has 4 nitrogen and oxygen atoms in total. The van der Waals surface area contributed by atoms with Crippen molar-refractivity contribution in [3.05, 3.63) is 18.7 Å². The number of hydrogen-bond donors (Lipinski definition) is 2. The zero-order valence-corrected chi connectivity index (χ0v) is 4.81. The van der Waals surface area contributed by atoms with Gasteiger partial charge in [-0.2, -0.15) is 0 Å². The van der Waals surface area contributed by atoms with Gasteiger partial charge in [-0.3, -0.25) is 0 Å². The number of nitrogens with zero attached hydrogens (tertiary/aromatic N) is 2. The summed E-state index contributed by atoms with van der Waals surface area (Å²) in [6.45, 7) is 0.181. The van der Waals surface area contributed by atoms with Gasteiger partial charge in [0.2, 0.25) is 0 Å². The molecule has 50 valence electrons. The SMILES string of the molecule is OC(O)Cn1ccnc1. The van der Waals surface area contributed by atoms with Gasteiger partial charge in [0.25, 0.3) is 0 Å². The highest BCUT2D eigenvalue weighted by molar-refractivity contribution is 4.73. The molecule has 0 spiro atoms. The average Bonchev–Trinajstić information content (AvgIpc) is 2.15. The smallest absolute Gasteiger partial charge is 0.169 e. The van der Waals surface area contributed by atoms with Crippen LogP contribution in [0.25, 0.3) is 0 Å². The lowest BCUT2D eigenvalue weighted by molar-refractivity contribution is -0.0512. The number of hydrogen-bond acceptors (Lipinski definition) is 3. The second-order valence-electron chi connectivity index (χ2n) is 1.74. The number of imidazole rings is 1. The van der Waals surface area contributed by atoms with Crippen molar-refractivity contribution < 1.29 is 10.2 Å². The molecule has 0 unspecified atom stereocenters.